The maximum atomic E-state index is 12.4. The molecule has 28 heavy (non-hydrogen) atoms. The molecule has 7 nitrogen and oxygen atoms in total. The second-order valence-electron chi connectivity index (χ2n) is 7.03. The number of hydrogen-bond acceptors (Lipinski definition) is 6. The van der Waals surface area contributed by atoms with Crippen LogP contribution in [-0.2, 0) is 19.6 Å². The van der Waals surface area contributed by atoms with Crippen LogP contribution < -0.4 is 9.50 Å². The van der Waals surface area contributed by atoms with Gasteiger partial charge in [0.05, 0.1) is 12.6 Å². The van der Waals surface area contributed by atoms with Gasteiger partial charge in [-0.1, -0.05) is 30.3 Å². The molecule has 8 heteroatoms. The Morgan fingerprint density at radius 2 is 1.75 bits per heavy atom. The van der Waals surface area contributed by atoms with E-state index in [9.17, 15) is 13.2 Å². The van der Waals surface area contributed by atoms with E-state index >= 15 is 0 Å². The number of amides is 1. The summed E-state index contributed by atoms with van der Waals surface area (Å²) < 4.78 is 40.6. The van der Waals surface area contributed by atoms with E-state index in [1.807, 2.05) is 0 Å². The molecule has 0 aliphatic carbocycles. The Morgan fingerprint density at radius 1 is 1.07 bits per heavy atom. The van der Waals surface area contributed by atoms with Gasteiger partial charge in [0, 0.05) is 7.11 Å². The molecule has 1 unspecified atom stereocenters. The number of alkyl carbamates (subject to hydrolysis) is 1. The average Bonchev–Trinajstić information content (AvgIpc) is 2.61. The summed E-state index contributed by atoms with van der Waals surface area (Å²) >= 11 is 0. The fourth-order valence-electron chi connectivity index (χ4n) is 2.36. The van der Waals surface area contributed by atoms with Crippen LogP contribution >= 0.6 is 0 Å². The van der Waals surface area contributed by atoms with E-state index in [1.165, 1.54) is 25.3 Å². The monoisotopic (exact) mass is 407 g/mol. The molecular formula is C20H25NO6S. The lowest BCUT2D eigenvalue weighted by Crippen LogP contribution is -2.35. The van der Waals surface area contributed by atoms with Crippen molar-refractivity contribution in [2.75, 3.05) is 13.7 Å². The molecule has 1 N–H and O–H groups in total. The first-order valence-corrected chi connectivity index (χ1v) is 10.1. The Bertz CT molecular complexity index is 890. The number of carbonyl (C=O) groups excluding carboxylic acids is 1. The normalized spacial score (nSPS) is 12.9. The van der Waals surface area contributed by atoms with Crippen LogP contribution in [0, 0.1) is 0 Å². The number of nitrogens with one attached hydrogen (secondary N) is 1. The van der Waals surface area contributed by atoms with Gasteiger partial charge in [0.15, 0.2) is 0 Å². The number of hydrogen-bond donors (Lipinski definition) is 1. The predicted molar refractivity (Wildman–Crippen MR) is 105 cm³/mol. The Hall–Kier alpha value is -2.58. The summed E-state index contributed by atoms with van der Waals surface area (Å²) in [4.78, 5) is 11.9. The molecule has 0 aliphatic heterocycles. The van der Waals surface area contributed by atoms with Crippen LogP contribution in [0.2, 0.25) is 0 Å². The molecule has 152 valence electrons. The van der Waals surface area contributed by atoms with E-state index in [4.69, 9.17) is 13.7 Å². The highest BCUT2D eigenvalue weighted by molar-refractivity contribution is 7.87. The SMILES string of the molecule is COC(CNC(=O)OC(C)(C)C)c1cccc(OS(=O)(=O)c2ccccc2)c1. The minimum Gasteiger partial charge on any atom is -0.444 e. The van der Waals surface area contributed by atoms with E-state index in [-0.39, 0.29) is 17.2 Å². The Kier molecular flexibility index (Phi) is 7.04. The summed E-state index contributed by atoms with van der Waals surface area (Å²) in [6.07, 6.45) is -1.07. The molecule has 2 rings (SSSR count). The van der Waals surface area contributed by atoms with Crippen molar-refractivity contribution >= 4 is 16.2 Å². The van der Waals surface area contributed by atoms with Gasteiger partial charge in [0.25, 0.3) is 0 Å². The first kappa shape index (κ1) is 21.7. The smallest absolute Gasteiger partial charge is 0.407 e. The van der Waals surface area contributed by atoms with Crippen molar-refractivity contribution in [3.05, 3.63) is 60.2 Å². The van der Waals surface area contributed by atoms with Crippen LogP contribution in [0.25, 0.3) is 0 Å². The fraction of sp³-hybridized carbons (Fsp3) is 0.350. The Labute approximate surface area is 165 Å². The molecule has 0 aliphatic rings. The minimum atomic E-state index is -3.94. The highest BCUT2D eigenvalue weighted by Crippen LogP contribution is 2.24. The zero-order valence-electron chi connectivity index (χ0n) is 16.3. The van der Waals surface area contributed by atoms with Crippen LogP contribution in [0.4, 0.5) is 4.79 Å². The van der Waals surface area contributed by atoms with Gasteiger partial charge in [-0.25, -0.2) is 4.79 Å². The number of rotatable bonds is 7. The third kappa shape index (κ3) is 6.54. The molecule has 0 radical (unpaired) electrons. The van der Waals surface area contributed by atoms with Crippen LogP contribution in [0.5, 0.6) is 5.75 Å². The van der Waals surface area contributed by atoms with E-state index in [2.05, 4.69) is 5.32 Å². The van der Waals surface area contributed by atoms with Crippen LogP contribution in [0.15, 0.2) is 59.5 Å². The first-order chi connectivity index (χ1) is 13.1. The van der Waals surface area contributed by atoms with E-state index in [0.29, 0.717) is 5.56 Å². The van der Waals surface area contributed by atoms with Crippen molar-refractivity contribution in [3.63, 3.8) is 0 Å². The minimum absolute atomic E-state index is 0.0651. The Balaban J connectivity index is 2.09. The quantitative estimate of drug-likeness (QED) is 0.704. The van der Waals surface area contributed by atoms with Crippen LogP contribution in [0.1, 0.15) is 32.4 Å². The fourth-order valence-corrected chi connectivity index (χ4v) is 3.30. The summed E-state index contributed by atoms with van der Waals surface area (Å²) in [6.45, 7) is 5.47. The van der Waals surface area contributed by atoms with Crippen molar-refractivity contribution in [3.8, 4) is 5.75 Å². The Morgan fingerprint density at radius 3 is 2.36 bits per heavy atom. The van der Waals surface area contributed by atoms with E-state index < -0.39 is 27.9 Å². The molecule has 0 saturated carbocycles. The van der Waals surface area contributed by atoms with E-state index in [1.54, 1.807) is 57.2 Å². The summed E-state index contributed by atoms with van der Waals surface area (Å²) in [7, 11) is -2.44. The number of methoxy groups -OCH3 is 1. The van der Waals surface area contributed by atoms with Gasteiger partial charge < -0.3 is 19.0 Å². The largest absolute Gasteiger partial charge is 0.444 e. The standard InChI is InChI=1S/C20H25NO6S/c1-20(2,3)26-19(22)21-14-18(25-4)15-9-8-10-16(13-15)27-28(23,24)17-11-6-5-7-12-17/h5-13,18H,14H2,1-4H3,(H,21,22). The summed E-state index contributed by atoms with van der Waals surface area (Å²) in [5.41, 5.74) is 0.0472. The lowest BCUT2D eigenvalue weighted by molar-refractivity contribution is 0.0456. The van der Waals surface area contributed by atoms with Crippen molar-refractivity contribution in [1.29, 1.82) is 0 Å². The number of carbonyl (C=O) groups is 1. The molecule has 0 heterocycles. The van der Waals surface area contributed by atoms with Crippen molar-refractivity contribution in [2.24, 2.45) is 0 Å². The van der Waals surface area contributed by atoms with Gasteiger partial charge in [-0.3, -0.25) is 0 Å². The van der Waals surface area contributed by atoms with Gasteiger partial charge >= 0.3 is 16.2 Å². The van der Waals surface area contributed by atoms with Crippen molar-refractivity contribution < 1.29 is 26.9 Å². The van der Waals surface area contributed by atoms with Gasteiger partial charge in [-0.15, -0.1) is 0 Å². The molecule has 0 fully saturated rings. The molecular weight excluding hydrogens is 382 g/mol. The summed E-state index contributed by atoms with van der Waals surface area (Å²) in [5, 5.41) is 2.64. The molecule has 2 aromatic carbocycles. The number of benzene rings is 2. The second kappa shape index (κ2) is 9.07. The summed E-state index contributed by atoms with van der Waals surface area (Å²) in [5.74, 6) is 0.153. The average molecular weight is 407 g/mol. The lowest BCUT2D eigenvalue weighted by Gasteiger charge is -2.22. The maximum absolute atomic E-state index is 12.4. The van der Waals surface area contributed by atoms with Crippen molar-refractivity contribution in [2.45, 2.75) is 37.4 Å². The molecule has 0 aromatic heterocycles. The number of ether oxygens (including phenoxy) is 2. The zero-order chi connectivity index (χ0) is 20.8. The molecule has 0 bridgehead atoms. The summed E-state index contributed by atoms with van der Waals surface area (Å²) in [6, 6.07) is 14.4. The van der Waals surface area contributed by atoms with Crippen LogP contribution in [0.3, 0.4) is 0 Å². The highest BCUT2D eigenvalue weighted by atomic mass is 32.2. The molecule has 0 spiro atoms. The molecule has 0 saturated heterocycles. The van der Waals surface area contributed by atoms with Gasteiger partial charge in [0.2, 0.25) is 0 Å². The molecule has 2 aromatic rings. The van der Waals surface area contributed by atoms with E-state index in [0.717, 1.165) is 0 Å². The van der Waals surface area contributed by atoms with Gasteiger partial charge in [-0.2, -0.15) is 8.42 Å². The third-order valence-electron chi connectivity index (χ3n) is 3.58. The first-order valence-electron chi connectivity index (χ1n) is 8.70. The van der Waals surface area contributed by atoms with Crippen molar-refractivity contribution in [1.82, 2.24) is 5.32 Å². The zero-order valence-corrected chi connectivity index (χ0v) is 17.2. The molecule has 1 atom stereocenters. The highest BCUT2D eigenvalue weighted by Gasteiger charge is 2.20. The predicted octanol–water partition coefficient (Wildman–Crippen LogP) is 3.67. The second-order valence-corrected chi connectivity index (χ2v) is 8.58. The maximum Gasteiger partial charge on any atom is 0.407 e. The van der Waals surface area contributed by atoms with Gasteiger partial charge in [-0.05, 0) is 50.6 Å². The van der Waals surface area contributed by atoms with Crippen LogP contribution in [-0.4, -0.2) is 33.8 Å². The molecule has 1 amide bonds. The topological polar surface area (TPSA) is 90.9 Å². The lowest BCUT2D eigenvalue weighted by atomic mass is 10.1. The van der Waals surface area contributed by atoms with Gasteiger partial charge in [0.1, 0.15) is 16.2 Å². The third-order valence-corrected chi connectivity index (χ3v) is 4.84.